The van der Waals surface area contributed by atoms with Gasteiger partial charge in [-0.2, -0.15) is 8.42 Å². The van der Waals surface area contributed by atoms with E-state index in [0.717, 1.165) is 24.8 Å². The molecule has 0 aliphatic rings. The highest BCUT2D eigenvalue weighted by Crippen LogP contribution is 2.21. The summed E-state index contributed by atoms with van der Waals surface area (Å²) in [6.45, 7) is 2.03. The fourth-order valence-electron chi connectivity index (χ4n) is 1.52. The molecule has 0 saturated heterocycles. The number of nitrogens with two attached hydrogens (primary N) is 1. The molecule has 0 aliphatic carbocycles. The van der Waals surface area contributed by atoms with E-state index in [2.05, 4.69) is 6.92 Å². The predicted molar refractivity (Wildman–Crippen MR) is 71.4 cm³/mol. The van der Waals surface area contributed by atoms with Gasteiger partial charge in [-0.1, -0.05) is 13.3 Å². The summed E-state index contributed by atoms with van der Waals surface area (Å²) in [4.78, 5) is 0. The Kier molecular flexibility index (Phi) is 5.43. The summed E-state index contributed by atoms with van der Waals surface area (Å²) in [5.41, 5.74) is 7.55. The Labute approximate surface area is 108 Å². The number of benzene rings is 1. The van der Waals surface area contributed by atoms with E-state index in [-0.39, 0.29) is 6.61 Å². The van der Waals surface area contributed by atoms with Crippen LogP contribution in [0.25, 0.3) is 0 Å². The van der Waals surface area contributed by atoms with Gasteiger partial charge in [-0.3, -0.25) is 4.55 Å². The molecule has 0 heterocycles. The summed E-state index contributed by atoms with van der Waals surface area (Å²) in [5, 5.41) is 0. The van der Waals surface area contributed by atoms with Gasteiger partial charge in [0.05, 0.1) is 0 Å². The van der Waals surface area contributed by atoms with Crippen molar-refractivity contribution in [1.29, 1.82) is 0 Å². The lowest BCUT2D eigenvalue weighted by Gasteiger charge is -2.09. The highest BCUT2D eigenvalue weighted by atomic mass is 32.2. The van der Waals surface area contributed by atoms with Gasteiger partial charge in [-0.05, 0) is 36.6 Å². The Hall–Kier alpha value is -1.27. The summed E-state index contributed by atoms with van der Waals surface area (Å²) in [5.74, 6) is 0.153. The van der Waals surface area contributed by atoms with Gasteiger partial charge in [0.15, 0.2) is 0 Å². The fraction of sp³-hybridized carbons (Fsp3) is 0.500. The molecule has 0 amide bonds. The van der Waals surface area contributed by atoms with Gasteiger partial charge < -0.3 is 10.5 Å². The quantitative estimate of drug-likeness (QED) is 0.585. The molecule has 0 bridgehead atoms. The molecule has 0 saturated carbocycles. The van der Waals surface area contributed by atoms with Crippen LogP contribution in [0.3, 0.4) is 0 Å². The van der Waals surface area contributed by atoms with Crippen LogP contribution >= 0.6 is 0 Å². The van der Waals surface area contributed by atoms with E-state index in [1.54, 1.807) is 12.1 Å². The first-order valence-electron chi connectivity index (χ1n) is 5.88. The molecule has 18 heavy (non-hydrogen) atoms. The SMILES string of the molecule is CCCCc1cc(OCCS(=O)(=O)O)ccc1N. The van der Waals surface area contributed by atoms with Crippen LogP contribution in [0.4, 0.5) is 5.69 Å². The molecule has 0 aromatic heterocycles. The van der Waals surface area contributed by atoms with Crippen molar-refractivity contribution in [1.82, 2.24) is 0 Å². The lowest BCUT2D eigenvalue weighted by atomic mass is 10.1. The minimum absolute atomic E-state index is 0.0734. The molecule has 6 heteroatoms. The van der Waals surface area contributed by atoms with E-state index >= 15 is 0 Å². The van der Waals surface area contributed by atoms with Gasteiger partial charge in [-0.25, -0.2) is 0 Å². The van der Waals surface area contributed by atoms with Crippen molar-refractivity contribution in [3.05, 3.63) is 23.8 Å². The normalized spacial score (nSPS) is 11.4. The van der Waals surface area contributed by atoms with Crippen LogP contribution in [0.5, 0.6) is 5.75 Å². The third kappa shape index (κ3) is 5.37. The van der Waals surface area contributed by atoms with E-state index in [0.29, 0.717) is 11.4 Å². The van der Waals surface area contributed by atoms with Gasteiger partial charge in [-0.15, -0.1) is 0 Å². The van der Waals surface area contributed by atoms with Gasteiger partial charge in [0.2, 0.25) is 0 Å². The zero-order chi connectivity index (χ0) is 13.6. The first-order valence-corrected chi connectivity index (χ1v) is 7.49. The average Bonchev–Trinajstić information content (AvgIpc) is 2.28. The Morgan fingerprint density at radius 2 is 2.11 bits per heavy atom. The second-order valence-corrected chi connectivity index (χ2v) is 5.67. The van der Waals surface area contributed by atoms with E-state index < -0.39 is 15.9 Å². The highest BCUT2D eigenvalue weighted by Gasteiger charge is 2.06. The van der Waals surface area contributed by atoms with Crippen LogP contribution in [0.2, 0.25) is 0 Å². The molecule has 102 valence electrons. The van der Waals surface area contributed by atoms with Crippen LogP contribution in [0.1, 0.15) is 25.3 Å². The van der Waals surface area contributed by atoms with Crippen molar-refractivity contribution in [2.45, 2.75) is 26.2 Å². The second kappa shape index (κ2) is 6.61. The number of hydrogen-bond donors (Lipinski definition) is 2. The van der Waals surface area contributed by atoms with Gasteiger partial charge in [0.25, 0.3) is 10.1 Å². The zero-order valence-corrected chi connectivity index (χ0v) is 11.2. The van der Waals surface area contributed by atoms with Gasteiger partial charge >= 0.3 is 0 Å². The first kappa shape index (κ1) is 14.8. The Morgan fingerprint density at radius 3 is 2.72 bits per heavy atom. The molecule has 1 rings (SSSR count). The number of ether oxygens (including phenoxy) is 1. The summed E-state index contributed by atoms with van der Waals surface area (Å²) in [6, 6.07) is 5.25. The van der Waals surface area contributed by atoms with E-state index in [9.17, 15) is 8.42 Å². The maximum atomic E-state index is 10.5. The lowest BCUT2D eigenvalue weighted by molar-refractivity contribution is 0.335. The average molecular weight is 273 g/mol. The third-order valence-electron chi connectivity index (χ3n) is 2.52. The molecule has 0 unspecified atom stereocenters. The molecule has 0 atom stereocenters. The molecule has 0 aliphatic heterocycles. The van der Waals surface area contributed by atoms with Crippen molar-refractivity contribution in [2.75, 3.05) is 18.1 Å². The van der Waals surface area contributed by atoms with Crippen LogP contribution < -0.4 is 10.5 Å². The fourth-order valence-corrected chi connectivity index (χ4v) is 1.81. The Morgan fingerprint density at radius 1 is 1.39 bits per heavy atom. The minimum atomic E-state index is -3.98. The molecular weight excluding hydrogens is 254 g/mol. The topological polar surface area (TPSA) is 89.6 Å². The number of aryl methyl sites for hydroxylation is 1. The van der Waals surface area contributed by atoms with Crippen molar-refractivity contribution in [3.63, 3.8) is 0 Å². The van der Waals surface area contributed by atoms with Gasteiger partial charge in [0.1, 0.15) is 18.1 Å². The number of anilines is 1. The largest absolute Gasteiger partial charge is 0.492 e. The van der Waals surface area contributed by atoms with E-state index in [1.807, 2.05) is 6.07 Å². The lowest BCUT2D eigenvalue weighted by Crippen LogP contribution is -2.12. The number of unbranched alkanes of at least 4 members (excludes halogenated alkanes) is 1. The van der Waals surface area contributed by atoms with Gasteiger partial charge in [0, 0.05) is 5.69 Å². The number of rotatable bonds is 7. The molecule has 3 N–H and O–H groups in total. The molecular formula is C12H19NO4S. The van der Waals surface area contributed by atoms with Crippen LogP contribution in [0, 0.1) is 0 Å². The van der Waals surface area contributed by atoms with Crippen molar-refractivity contribution in [2.24, 2.45) is 0 Å². The van der Waals surface area contributed by atoms with Crippen molar-refractivity contribution in [3.8, 4) is 5.75 Å². The zero-order valence-electron chi connectivity index (χ0n) is 10.4. The van der Waals surface area contributed by atoms with Crippen LogP contribution in [0.15, 0.2) is 18.2 Å². The highest BCUT2D eigenvalue weighted by molar-refractivity contribution is 7.85. The van der Waals surface area contributed by atoms with E-state index in [1.165, 1.54) is 0 Å². The molecule has 0 spiro atoms. The summed E-state index contributed by atoms with van der Waals surface area (Å²) in [7, 11) is -3.98. The van der Waals surface area contributed by atoms with Crippen molar-refractivity contribution >= 4 is 15.8 Å². The molecule has 0 fully saturated rings. The Balaban J connectivity index is 2.61. The van der Waals surface area contributed by atoms with Crippen LogP contribution in [-0.4, -0.2) is 25.3 Å². The smallest absolute Gasteiger partial charge is 0.268 e. The minimum Gasteiger partial charge on any atom is -0.492 e. The summed E-state index contributed by atoms with van der Waals surface area (Å²) < 4.78 is 34.9. The molecule has 1 aromatic rings. The van der Waals surface area contributed by atoms with Crippen molar-refractivity contribution < 1.29 is 17.7 Å². The standard InChI is InChI=1S/C12H19NO4S/c1-2-3-4-10-9-11(5-6-12(10)13)17-7-8-18(14,15)16/h5-6,9H,2-4,7-8,13H2,1H3,(H,14,15,16). The summed E-state index contributed by atoms with van der Waals surface area (Å²) >= 11 is 0. The molecule has 0 radical (unpaired) electrons. The number of hydrogen-bond acceptors (Lipinski definition) is 4. The maximum Gasteiger partial charge on any atom is 0.268 e. The maximum absolute atomic E-state index is 10.5. The number of nitrogen functional groups attached to an aromatic ring is 1. The second-order valence-electron chi connectivity index (χ2n) is 4.10. The first-order chi connectivity index (χ1) is 8.42. The molecule has 5 nitrogen and oxygen atoms in total. The van der Waals surface area contributed by atoms with E-state index in [4.69, 9.17) is 15.0 Å². The molecule has 1 aromatic carbocycles. The third-order valence-corrected chi connectivity index (χ3v) is 3.21. The Bertz CT molecular complexity index is 485. The monoisotopic (exact) mass is 273 g/mol. The van der Waals surface area contributed by atoms with Crippen LogP contribution in [-0.2, 0) is 16.5 Å². The summed E-state index contributed by atoms with van der Waals surface area (Å²) in [6.07, 6.45) is 2.99. The predicted octanol–water partition coefficient (Wildman–Crippen LogP) is 1.88.